The van der Waals surface area contributed by atoms with Crippen LogP contribution in [-0.4, -0.2) is 91.0 Å². The molecule has 4 aliphatic rings. The third-order valence-electron chi connectivity index (χ3n) is 18.3. The molecule has 2 aromatic heterocycles. The molecule has 13 rings (SSSR count). The van der Waals surface area contributed by atoms with Crippen LogP contribution in [0.1, 0.15) is 190 Å². The van der Waals surface area contributed by atoms with E-state index >= 15 is 9.59 Å². The SMILES string of the molecule is CCC(CC)N1C(=O)c2ccc(-c3ccc(-c4cc5c6c(ccc7c8c(-c9ccc(-c%10ccc%11c(c%10)C(=O)N(C(CC)CC)C%11=O)s9)cc9c%10c(ccc(c4c67)c%108)C(=O)N(C(CC)CC)C9=O)C(=O)N(C(CC)CC)C5=O)s3)cc2C1=O. The van der Waals surface area contributed by atoms with Crippen molar-refractivity contribution in [2.24, 2.45) is 0 Å². The van der Waals surface area contributed by atoms with E-state index in [0.29, 0.717) is 117 Å². The minimum absolute atomic E-state index is 0.211. The van der Waals surface area contributed by atoms with Gasteiger partial charge in [-0.3, -0.25) is 58.0 Å². The summed E-state index contributed by atoms with van der Waals surface area (Å²) in [5, 5.41) is 5.48. The van der Waals surface area contributed by atoms with E-state index in [9.17, 15) is 28.8 Å². The van der Waals surface area contributed by atoms with E-state index in [2.05, 4.69) is 0 Å². The molecule has 14 heteroatoms. The van der Waals surface area contributed by atoms with Gasteiger partial charge in [-0.15, -0.1) is 22.7 Å². The van der Waals surface area contributed by atoms with Gasteiger partial charge in [0.2, 0.25) is 0 Å². The molecule has 4 aliphatic heterocycles. The Morgan fingerprint density at radius 3 is 0.878 bits per heavy atom. The molecular formula is C68H60N4O8S2. The largest absolute Gasteiger partial charge is 0.271 e. The highest BCUT2D eigenvalue weighted by Gasteiger charge is 2.44. The van der Waals surface area contributed by atoms with Crippen LogP contribution in [0.15, 0.2) is 97.1 Å². The lowest BCUT2D eigenvalue weighted by Gasteiger charge is -2.35. The fraction of sp³-hybridized carbons (Fsp3) is 0.294. The van der Waals surface area contributed by atoms with E-state index < -0.39 is 0 Å². The maximum atomic E-state index is 15.3. The fourth-order valence-electron chi connectivity index (χ4n) is 13.9. The number of rotatable bonds is 16. The Morgan fingerprint density at radius 2 is 0.549 bits per heavy atom. The van der Waals surface area contributed by atoms with Gasteiger partial charge in [-0.05, 0) is 168 Å². The summed E-state index contributed by atoms with van der Waals surface area (Å²) in [6, 6.07) is 29.1. The molecule has 0 spiro atoms. The van der Waals surface area contributed by atoms with Crippen molar-refractivity contribution in [2.45, 2.75) is 131 Å². The van der Waals surface area contributed by atoms with Crippen LogP contribution in [0.25, 0.3) is 84.9 Å². The topological polar surface area (TPSA) is 150 Å². The highest BCUT2D eigenvalue weighted by molar-refractivity contribution is 7.19. The first kappa shape index (κ1) is 53.1. The third-order valence-corrected chi connectivity index (χ3v) is 20.6. The van der Waals surface area contributed by atoms with Crippen LogP contribution in [0.5, 0.6) is 0 Å². The van der Waals surface area contributed by atoms with Crippen LogP contribution in [0.4, 0.5) is 0 Å². The minimum Gasteiger partial charge on any atom is -0.271 e. The second kappa shape index (κ2) is 19.8. The number of carbonyl (C=O) groups is 8. The lowest BCUT2D eigenvalue weighted by atomic mass is 9.78. The molecule has 0 bridgehead atoms. The summed E-state index contributed by atoms with van der Waals surface area (Å²) in [6.07, 6.45) is 4.89. The van der Waals surface area contributed by atoms with Gasteiger partial charge in [0, 0.05) is 87.8 Å². The number of amides is 8. The first-order valence-electron chi connectivity index (χ1n) is 29.0. The number of hydrogen-bond donors (Lipinski definition) is 0. The van der Waals surface area contributed by atoms with Crippen LogP contribution in [0.3, 0.4) is 0 Å². The second-order valence-corrected chi connectivity index (χ2v) is 24.3. The lowest BCUT2D eigenvalue weighted by Crippen LogP contribution is -2.46. The van der Waals surface area contributed by atoms with Gasteiger partial charge in [-0.2, -0.15) is 0 Å². The average molecular weight is 1130 g/mol. The number of benzene rings is 7. The average Bonchev–Trinajstić information content (AvgIpc) is 1.01. The van der Waals surface area contributed by atoms with Crippen molar-refractivity contribution in [3.05, 3.63) is 142 Å². The second-order valence-electron chi connectivity index (χ2n) is 22.2. The summed E-state index contributed by atoms with van der Waals surface area (Å²) >= 11 is 2.97. The van der Waals surface area contributed by atoms with Crippen molar-refractivity contribution >= 4 is 113 Å². The zero-order valence-electron chi connectivity index (χ0n) is 47.1. The lowest BCUT2D eigenvalue weighted by molar-refractivity contribution is 0.0514. The van der Waals surface area contributed by atoms with Gasteiger partial charge in [0.1, 0.15) is 0 Å². The predicted molar refractivity (Wildman–Crippen MR) is 325 cm³/mol. The molecule has 7 aromatic carbocycles. The van der Waals surface area contributed by atoms with E-state index in [1.54, 1.807) is 24.3 Å². The summed E-state index contributed by atoms with van der Waals surface area (Å²) < 4.78 is 0. The van der Waals surface area contributed by atoms with E-state index in [4.69, 9.17) is 0 Å². The smallest absolute Gasteiger partial charge is 0.261 e. The first-order valence-corrected chi connectivity index (χ1v) is 30.6. The number of hydrogen-bond acceptors (Lipinski definition) is 10. The van der Waals surface area contributed by atoms with E-state index in [1.807, 2.05) is 128 Å². The molecule has 0 saturated carbocycles. The standard InChI is InChI=1S/C68H60N4O8S2/c1-9-35(10-2)69-61(73)39-19-17-33(29-45(39)65(69)77)51-25-27-53(81-51)47-31-49-57-43(63(75)71(67(49)79)37(13-5)14-6)24-22-42-56-48(54-28-26-52(82-54)34-18-20-40-46(30-34)66(78)70(62(40)74)36(11-3)12-4)32-50-58-44(23-21-41(60(56)58)55(47)59(42)57)64(76)72(68(50)80)38(15-7)16-8/h17-32,35-38H,9-16H2,1-8H3. The summed E-state index contributed by atoms with van der Waals surface area (Å²) in [7, 11) is 0. The number of carbonyl (C=O) groups excluding carboxylic acids is 8. The first-order chi connectivity index (χ1) is 39.7. The molecule has 412 valence electrons. The zero-order valence-corrected chi connectivity index (χ0v) is 48.7. The Morgan fingerprint density at radius 1 is 0.268 bits per heavy atom. The van der Waals surface area contributed by atoms with E-state index in [0.717, 1.165) is 63.3 Å². The van der Waals surface area contributed by atoms with Gasteiger partial charge < -0.3 is 0 Å². The van der Waals surface area contributed by atoms with Gasteiger partial charge in [0.15, 0.2) is 0 Å². The summed E-state index contributed by atoms with van der Waals surface area (Å²) in [6.45, 7) is 15.8. The van der Waals surface area contributed by atoms with Crippen molar-refractivity contribution in [1.29, 1.82) is 0 Å². The van der Waals surface area contributed by atoms with Crippen LogP contribution in [-0.2, 0) is 0 Å². The number of nitrogens with zero attached hydrogens (tertiary/aromatic N) is 4. The summed E-state index contributed by atoms with van der Waals surface area (Å²) in [5.41, 5.74) is 6.06. The van der Waals surface area contributed by atoms with E-state index in [-0.39, 0.29) is 71.4 Å². The monoisotopic (exact) mass is 1120 g/mol. The molecule has 0 radical (unpaired) electrons. The molecule has 8 amide bonds. The molecule has 0 N–H and O–H groups in total. The van der Waals surface area contributed by atoms with Gasteiger partial charge in [0.05, 0.1) is 22.3 Å². The molecule has 12 nitrogen and oxygen atoms in total. The third kappa shape index (κ3) is 7.32. The highest BCUT2D eigenvalue weighted by Crippen LogP contribution is 2.54. The fourth-order valence-corrected chi connectivity index (χ4v) is 16.0. The van der Waals surface area contributed by atoms with Crippen LogP contribution in [0.2, 0.25) is 0 Å². The summed E-state index contributed by atoms with van der Waals surface area (Å²) in [4.78, 5) is 125. The molecule has 82 heavy (non-hydrogen) atoms. The molecule has 0 fully saturated rings. The van der Waals surface area contributed by atoms with Gasteiger partial charge >= 0.3 is 0 Å². The van der Waals surface area contributed by atoms with Gasteiger partial charge in [-0.25, -0.2) is 0 Å². The molecule has 0 saturated heterocycles. The van der Waals surface area contributed by atoms with Gasteiger partial charge in [0.25, 0.3) is 47.3 Å². The van der Waals surface area contributed by atoms with Crippen LogP contribution in [0, 0.1) is 0 Å². The Kier molecular flexibility index (Phi) is 12.8. The molecular weight excluding hydrogens is 1060 g/mol. The zero-order chi connectivity index (χ0) is 57.5. The number of thiophene rings is 2. The molecule has 0 aliphatic carbocycles. The quantitative estimate of drug-likeness (QED) is 0.0527. The predicted octanol–water partition coefficient (Wildman–Crippen LogP) is 15.7. The van der Waals surface area contributed by atoms with Crippen molar-refractivity contribution in [3.63, 3.8) is 0 Å². The van der Waals surface area contributed by atoms with Crippen LogP contribution >= 0.6 is 22.7 Å². The Hall–Kier alpha value is -8.20. The van der Waals surface area contributed by atoms with Crippen LogP contribution < -0.4 is 0 Å². The highest BCUT2D eigenvalue weighted by atomic mass is 32.1. The van der Waals surface area contributed by atoms with E-state index in [1.165, 1.54) is 42.3 Å². The Balaban J connectivity index is 1.08. The Bertz CT molecular complexity index is 4060. The molecule has 0 unspecified atom stereocenters. The maximum absolute atomic E-state index is 15.3. The van der Waals surface area contributed by atoms with Crippen molar-refractivity contribution in [3.8, 4) is 41.8 Å². The summed E-state index contributed by atoms with van der Waals surface area (Å²) in [5.74, 6) is -2.67. The Labute approximate surface area is 482 Å². The minimum atomic E-state index is -0.383. The van der Waals surface area contributed by atoms with Crippen molar-refractivity contribution in [2.75, 3.05) is 0 Å². The van der Waals surface area contributed by atoms with Crippen molar-refractivity contribution < 1.29 is 38.4 Å². The molecule has 0 atom stereocenters. The normalized spacial score (nSPS) is 15.3. The number of fused-ring (bicyclic) bond motifs is 4. The van der Waals surface area contributed by atoms with Crippen molar-refractivity contribution in [1.82, 2.24) is 19.6 Å². The maximum Gasteiger partial charge on any atom is 0.261 e. The molecule has 6 heterocycles. The number of imide groups is 4. The van der Waals surface area contributed by atoms with Gasteiger partial charge in [-0.1, -0.05) is 79.7 Å². The molecule has 9 aromatic rings.